The van der Waals surface area contributed by atoms with E-state index < -0.39 is 23.8 Å². The van der Waals surface area contributed by atoms with Crippen molar-refractivity contribution < 1.29 is 18.6 Å². The van der Waals surface area contributed by atoms with Gasteiger partial charge in [-0.05, 0) is 12.5 Å². The van der Waals surface area contributed by atoms with Crippen molar-refractivity contribution in [3.05, 3.63) is 35.4 Å². The lowest BCUT2D eigenvalue weighted by Crippen LogP contribution is -2.31. The Balaban J connectivity index is 2.22. The standard InChI is InChI=1S/C13H17F2NO2/c1-18-7-6-16-5-4-12(17)13(16)10-3-2-9(14)8-11(10)15/h2-3,8,12-13,17H,4-7H2,1H3. The molecule has 1 aromatic rings. The third kappa shape index (κ3) is 2.68. The van der Waals surface area contributed by atoms with E-state index >= 15 is 0 Å². The van der Waals surface area contributed by atoms with Crippen molar-refractivity contribution in [2.45, 2.75) is 18.6 Å². The van der Waals surface area contributed by atoms with Gasteiger partial charge in [-0.15, -0.1) is 0 Å². The van der Waals surface area contributed by atoms with Gasteiger partial charge in [0.05, 0.1) is 18.8 Å². The SMILES string of the molecule is COCCN1CCC(O)C1c1ccc(F)cc1F. The van der Waals surface area contributed by atoms with Gasteiger partial charge in [-0.1, -0.05) is 6.07 Å². The van der Waals surface area contributed by atoms with Crippen molar-refractivity contribution >= 4 is 0 Å². The van der Waals surface area contributed by atoms with E-state index in [0.29, 0.717) is 31.7 Å². The number of ether oxygens (including phenoxy) is 1. The lowest BCUT2D eigenvalue weighted by Gasteiger charge is -2.26. The van der Waals surface area contributed by atoms with Gasteiger partial charge in [-0.3, -0.25) is 4.90 Å². The van der Waals surface area contributed by atoms with Gasteiger partial charge >= 0.3 is 0 Å². The highest BCUT2D eigenvalue weighted by atomic mass is 19.1. The maximum Gasteiger partial charge on any atom is 0.131 e. The van der Waals surface area contributed by atoms with E-state index in [1.165, 1.54) is 12.1 Å². The lowest BCUT2D eigenvalue weighted by molar-refractivity contribution is 0.0915. The molecule has 0 bridgehead atoms. The molecule has 1 aliphatic rings. The molecule has 2 rings (SSSR count). The van der Waals surface area contributed by atoms with Crippen LogP contribution in [0.25, 0.3) is 0 Å². The average molecular weight is 257 g/mol. The number of benzene rings is 1. The molecule has 100 valence electrons. The number of hydrogen-bond donors (Lipinski definition) is 1. The fourth-order valence-electron chi connectivity index (χ4n) is 2.44. The van der Waals surface area contributed by atoms with Crippen LogP contribution in [-0.2, 0) is 4.74 Å². The van der Waals surface area contributed by atoms with E-state index in [2.05, 4.69) is 0 Å². The van der Waals surface area contributed by atoms with Gasteiger partial charge < -0.3 is 9.84 Å². The normalized spacial score (nSPS) is 24.7. The van der Waals surface area contributed by atoms with Crippen LogP contribution in [-0.4, -0.2) is 42.9 Å². The first-order chi connectivity index (χ1) is 8.63. The Hall–Kier alpha value is -1.04. The van der Waals surface area contributed by atoms with Crippen molar-refractivity contribution in [1.29, 1.82) is 0 Å². The Morgan fingerprint density at radius 2 is 2.22 bits per heavy atom. The largest absolute Gasteiger partial charge is 0.391 e. The van der Waals surface area contributed by atoms with Gasteiger partial charge in [0.25, 0.3) is 0 Å². The molecule has 5 heteroatoms. The molecule has 2 unspecified atom stereocenters. The minimum atomic E-state index is -0.623. The molecular weight excluding hydrogens is 240 g/mol. The fraction of sp³-hybridized carbons (Fsp3) is 0.538. The summed E-state index contributed by atoms with van der Waals surface area (Å²) in [6.45, 7) is 1.83. The molecule has 3 nitrogen and oxygen atoms in total. The summed E-state index contributed by atoms with van der Waals surface area (Å²) in [5.41, 5.74) is 0.345. The number of rotatable bonds is 4. The van der Waals surface area contributed by atoms with Crippen LogP contribution in [0.4, 0.5) is 8.78 Å². The van der Waals surface area contributed by atoms with Crippen LogP contribution in [0.3, 0.4) is 0 Å². The van der Waals surface area contributed by atoms with Gasteiger partial charge in [0.15, 0.2) is 0 Å². The Bertz CT molecular complexity index is 414. The highest BCUT2D eigenvalue weighted by molar-refractivity contribution is 5.24. The molecule has 1 saturated heterocycles. The number of aliphatic hydroxyl groups is 1. The summed E-state index contributed by atoms with van der Waals surface area (Å²) in [6.07, 6.45) is -0.0348. The Morgan fingerprint density at radius 1 is 1.44 bits per heavy atom. The number of nitrogens with zero attached hydrogens (tertiary/aromatic N) is 1. The van der Waals surface area contributed by atoms with E-state index in [1.807, 2.05) is 4.90 Å². The van der Waals surface area contributed by atoms with Crippen LogP contribution >= 0.6 is 0 Å². The summed E-state index contributed by atoms with van der Waals surface area (Å²) in [5, 5.41) is 9.96. The molecule has 1 aliphatic heterocycles. The molecule has 0 aliphatic carbocycles. The first kappa shape index (κ1) is 13.4. The zero-order valence-electron chi connectivity index (χ0n) is 10.3. The molecule has 2 atom stereocenters. The average Bonchev–Trinajstić information content (AvgIpc) is 2.68. The van der Waals surface area contributed by atoms with Gasteiger partial charge in [0.2, 0.25) is 0 Å². The second-order valence-electron chi connectivity index (χ2n) is 4.50. The predicted octanol–water partition coefficient (Wildman–Crippen LogP) is 1.72. The summed E-state index contributed by atoms with van der Waals surface area (Å²) in [4.78, 5) is 1.96. The fourth-order valence-corrected chi connectivity index (χ4v) is 2.44. The molecule has 1 fully saturated rings. The van der Waals surface area contributed by atoms with Crippen LogP contribution in [0.2, 0.25) is 0 Å². The summed E-state index contributed by atoms with van der Waals surface area (Å²) in [5.74, 6) is -1.21. The van der Waals surface area contributed by atoms with Crippen molar-refractivity contribution in [1.82, 2.24) is 4.90 Å². The smallest absolute Gasteiger partial charge is 0.131 e. The van der Waals surface area contributed by atoms with Gasteiger partial charge in [0.1, 0.15) is 11.6 Å². The monoisotopic (exact) mass is 257 g/mol. The molecule has 1 heterocycles. The number of aliphatic hydroxyl groups excluding tert-OH is 1. The van der Waals surface area contributed by atoms with Crippen LogP contribution < -0.4 is 0 Å². The quantitative estimate of drug-likeness (QED) is 0.891. The topological polar surface area (TPSA) is 32.7 Å². The Morgan fingerprint density at radius 3 is 2.89 bits per heavy atom. The van der Waals surface area contributed by atoms with Gasteiger partial charge in [0, 0.05) is 31.8 Å². The number of likely N-dealkylation sites (tertiary alicyclic amines) is 1. The Kier molecular flexibility index (Phi) is 4.27. The zero-order chi connectivity index (χ0) is 13.1. The van der Waals surface area contributed by atoms with Crippen LogP contribution in [0.15, 0.2) is 18.2 Å². The summed E-state index contributed by atoms with van der Waals surface area (Å²) >= 11 is 0. The predicted molar refractivity (Wildman–Crippen MR) is 63.2 cm³/mol. The molecule has 0 radical (unpaired) electrons. The van der Waals surface area contributed by atoms with Crippen molar-refractivity contribution in [3.8, 4) is 0 Å². The van der Waals surface area contributed by atoms with Crippen molar-refractivity contribution in [2.75, 3.05) is 26.8 Å². The maximum absolute atomic E-state index is 13.8. The molecule has 1 aromatic carbocycles. The third-order valence-corrected chi connectivity index (χ3v) is 3.33. The van der Waals surface area contributed by atoms with E-state index in [9.17, 15) is 13.9 Å². The van der Waals surface area contributed by atoms with Gasteiger partial charge in [-0.2, -0.15) is 0 Å². The molecule has 0 amide bonds. The first-order valence-electron chi connectivity index (χ1n) is 5.99. The Labute approximate surface area is 105 Å². The minimum Gasteiger partial charge on any atom is -0.391 e. The molecular formula is C13H17F2NO2. The van der Waals surface area contributed by atoms with Crippen molar-refractivity contribution in [3.63, 3.8) is 0 Å². The first-order valence-corrected chi connectivity index (χ1v) is 5.99. The molecule has 18 heavy (non-hydrogen) atoms. The summed E-state index contributed by atoms with van der Waals surface area (Å²) in [6, 6.07) is 3.07. The second-order valence-corrected chi connectivity index (χ2v) is 4.50. The molecule has 0 spiro atoms. The van der Waals surface area contributed by atoms with E-state index in [4.69, 9.17) is 4.74 Å². The second kappa shape index (κ2) is 5.73. The molecule has 0 saturated carbocycles. The summed E-state index contributed by atoms with van der Waals surface area (Å²) < 4.78 is 31.7. The van der Waals surface area contributed by atoms with Crippen LogP contribution in [0.5, 0.6) is 0 Å². The zero-order valence-corrected chi connectivity index (χ0v) is 10.3. The lowest BCUT2D eigenvalue weighted by atomic mass is 10.0. The summed E-state index contributed by atoms with van der Waals surface area (Å²) in [7, 11) is 1.60. The van der Waals surface area contributed by atoms with E-state index in [1.54, 1.807) is 7.11 Å². The van der Waals surface area contributed by atoms with Crippen molar-refractivity contribution in [2.24, 2.45) is 0 Å². The van der Waals surface area contributed by atoms with Crippen LogP contribution in [0, 0.1) is 11.6 Å². The number of methoxy groups -OCH3 is 1. The van der Waals surface area contributed by atoms with E-state index in [-0.39, 0.29) is 0 Å². The molecule has 0 aromatic heterocycles. The van der Waals surface area contributed by atoms with Gasteiger partial charge in [-0.25, -0.2) is 8.78 Å². The highest BCUT2D eigenvalue weighted by Crippen LogP contribution is 2.33. The van der Waals surface area contributed by atoms with E-state index in [0.717, 1.165) is 6.07 Å². The van der Waals surface area contributed by atoms with Crippen LogP contribution in [0.1, 0.15) is 18.0 Å². The maximum atomic E-state index is 13.8. The highest BCUT2D eigenvalue weighted by Gasteiger charge is 2.35. The number of hydrogen-bond acceptors (Lipinski definition) is 3. The minimum absolute atomic E-state index is 0.345. The molecule has 1 N–H and O–H groups in total. The number of halogens is 2. The third-order valence-electron chi connectivity index (χ3n) is 3.33.